The molecule has 1 unspecified atom stereocenters. The van der Waals surface area contributed by atoms with Gasteiger partial charge in [-0.15, -0.1) is 0 Å². The molecule has 1 aliphatic heterocycles. The lowest BCUT2D eigenvalue weighted by Crippen LogP contribution is -2.27. The summed E-state index contributed by atoms with van der Waals surface area (Å²) in [5.74, 6) is -0.226. The van der Waals surface area contributed by atoms with Crippen molar-refractivity contribution in [3.05, 3.63) is 71.2 Å². The molecule has 0 aliphatic carbocycles. The second-order valence-electron chi connectivity index (χ2n) is 5.68. The Morgan fingerprint density at radius 2 is 1.91 bits per heavy atom. The van der Waals surface area contributed by atoms with E-state index in [1.54, 1.807) is 12.1 Å². The van der Waals surface area contributed by atoms with Crippen LogP contribution in [0.4, 0.5) is 10.1 Å². The molecule has 110 valence electrons. The van der Waals surface area contributed by atoms with E-state index in [0.29, 0.717) is 5.56 Å². The molecule has 0 saturated carbocycles. The maximum atomic E-state index is 14.3. The van der Waals surface area contributed by atoms with E-state index in [0.717, 1.165) is 28.2 Å². The van der Waals surface area contributed by atoms with Gasteiger partial charge in [0.05, 0.1) is 11.4 Å². The molecule has 1 N–H and O–H groups in total. The van der Waals surface area contributed by atoms with E-state index < -0.39 is 0 Å². The Morgan fingerprint density at radius 1 is 1.09 bits per heavy atom. The van der Waals surface area contributed by atoms with Gasteiger partial charge in [-0.1, -0.05) is 36.4 Å². The summed E-state index contributed by atoms with van der Waals surface area (Å²) >= 11 is 0. The molecule has 4 rings (SSSR count). The minimum Gasteiger partial charge on any atom is -0.359 e. The predicted octanol–water partition coefficient (Wildman–Crippen LogP) is 4.28. The van der Waals surface area contributed by atoms with Crippen LogP contribution in [0.15, 0.2) is 48.5 Å². The molecule has 1 aromatic heterocycles. The molecule has 0 bridgehead atoms. The molecule has 2 heterocycles. The zero-order valence-corrected chi connectivity index (χ0v) is 12.5. The third kappa shape index (κ3) is 1.84. The summed E-state index contributed by atoms with van der Waals surface area (Å²) < 4.78 is 16.1. The zero-order valence-electron chi connectivity index (χ0n) is 12.5. The summed E-state index contributed by atoms with van der Waals surface area (Å²) in [4.78, 5) is 0. The van der Waals surface area contributed by atoms with Gasteiger partial charge in [0.25, 0.3) is 0 Å². The first kappa shape index (κ1) is 13.1. The third-order valence-electron chi connectivity index (χ3n) is 4.13. The number of anilines is 1. The van der Waals surface area contributed by atoms with Gasteiger partial charge in [-0.3, -0.25) is 0 Å². The molecule has 0 fully saturated rings. The lowest BCUT2D eigenvalue weighted by molar-refractivity contribution is 0.526. The highest BCUT2D eigenvalue weighted by molar-refractivity contribution is 5.81. The van der Waals surface area contributed by atoms with Crippen LogP contribution in [0, 0.1) is 19.7 Å². The van der Waals surface area contributed by atoms with Gasteiger partial charge in [-0.2, -0.15) is 5.10 Å². The Bertz CT molecular complexity index is 867. The van der Waals surface area contributed by atoms with Crippen LogP contribution in [0.2, 0.25) is 0 Å². The molecule has 1 aliphatic rings. The van der Waals surface area contributed by atoms with Gasteiger partial charge < -0.3 is 5.32 Å². The highest BCUT2D eigenvalue weighted by Gasteiger charge is 2.28. The topological polar surface area (TPSA) is 29.9 Å². The number of rotatable bonds is 1. The number of hydrogen-bond donors (Lipinski definition) is 1. The van der Waals surface area contributed by atoms with Crippen LogP contribution in [0.5, 0.6) is 0 Å². The van der Waals surface area contributed by atoms with Crippen molar-refractivity contribution in [1.82, 2.24) is 9.78 Å². The molecule has 4 heteroatoms. The molecule has 0 amide bonds. The number of benzene rings is 2. The Labute approximate surface area is 128 Å². The van der Waals surface area contributed by atoms with Gasteiger partial charge in [-0.05, 0) is 31.5 Å². The number of nitrogens with one attached hydrogen (secondary N) is 1. The van der Waals surface area contributed by atoms with E-state index >= 15 is 0 Å². The minimum absolute atomic E-state index is 0.226. The number of aryl methyl sites for hydroxylation is 2. The molecule has 2 aromatic carbocycles. The lowest BCUT2D eigenvalue weighted by Gasteiger charge is -2.30. The van der Waals surface area contributed by atoms with Crippen molar-refractivity contribution in [2.24, 2.45) is 0 Å². The van der Waals surface area contributed by atoms with Crippen LogP contribution in [0.25, 0.3) is 11.3 Å². The molecular formula is C18H16FN3. The molecular weight excluding hydrogens is 277 g/mol. The van der Waals surface area contributed by atoms with E-state index in [2.05, 4.69) is 29.5 Å². The Morgan fingerprint density at radius 3 is 2.73 bits per heavy atom. The first-order valence-corrected chi connectivity index (χ1v) is 7.32. The van der Waals surface area contributed by atoms with Crippen molar-refractivity contribution in [3.8, 4) is 11.3 Å². The van der Waals surface area contributed by atoms with E-state index in [9.17, 15) is 4.39 Å². The average Bonchev–Trinajstić information content (AvgIpc) is 2.89. The summed E-state index contributed by atoms with van der Waals surface area (Å²) in [6, 6.07) is 15.1. The van der Waals surface area contributed by atoms with Crippen LogP contribution in [-0.2, 0) is 0 Å². The maximum absolute atomic E-state index is 14.3. The summed E-state index contributed by atoms with van der Waals surface area (Å²) in [6.45, 7) is 4.02. The van der Waals surface area contributed by atoms with Crippen molar-refractivity contribution in [2.75, 3.05) is 5.32 Å². The maximum Gasteiger partial charge on any atom is 0.150 e. The zero-order chi connectivity index (χ0) is 15.3. The first-order chi connectivity index (χ1) is 10.6. The standard InChI is InChI=1S/C18H16FN3/c1-11-6-5-8-14-16-10-12(2)21-22(16)18(20-17(11)14)13-7-3-4-9-15(13)19/h3-10,18,20H,1-2H3. The van der Waals surface area contributed by atoms with E-state index in [1.807, 2.05) is 29.8 Å². The molecule has 0 spiro atoms. The number of aromatic nitrogens is 2. The average molecular weight is 293 g/mol. The number of nitrogens with zero attached hydrogens (tertiary/aromatic N) is 2. The van der Waals surface area contributed by atoms with Crippen LogP contribution >= 0.6 is 0 Å². The lowest BCUT2D eigenvalue weighted by atomic mass is 10.0. The Kier molecular flexibility index (Phi) is 2.79. The van der Waals surface area contributed by atoms with Crippen molar-refractivity contribution < 1.29 is 4.39 Å². The predicted molar refractivity (Wildman–Crippen MR) is 85.3 cm³/mol. The summed E-state index contributed by atoms with van der Waals surface area (Å²) in [5, 5.41) is 8.02. The van der Waals surface area contributed by atoms with Gasteiger partial charge in [0, 0.05) is 16.8 Å². The fraction of sp³-hybridized carbons (Fsp3) is 0.167. The van der Waals surface area contributed by atoms with Crippen molar-refractivity contribution in [3.63, 3.8) is 0 Å². The molecule has 3 nitrogen and oxygen atoms in total. The molecule has 0 radical (unpaired) electrons. The summed E-state index contributed by atoms with van der Waals surface area (Å²) in [5.41, 5.74) is 5.83. The van der Waals surface area contributed by atoms with Crippen molar-refractivity contribution in [1.29, 1.82) is 0 Å². The third-order valence-corrected chi connectivity index (χ3v) is 4.13. The fourth-order valence-corrected chi connectivity index (χ4v) is 3.09. The van der Waals surface area contributed by atoms with Crippen LogP contribution in [-0.4, -0.2) is 9.78 Å². The van der Waals surface area contributed by atoms with E-state index in [-0.39, 0.29) is 12.0 Å². The Hall–Kier alpha value is -2.62. The van der Waals surface area contributed by atoms with Crippen LogP contribution in [0.1, 0.15) is 23.0 Å². The second kappa shape index (κ2) is 4.70. The van der Waals surface area contributed by atoms with Gasteiger partial charge in [0.1, 0.15) is 12.0 Å². The van der Waals surface area contributed by atoms with Crippen molar-refractivity contribution >= 4 is 5.69 Å². The molecule has 22 heavy (non-hydrogen) atoms. The van der Waals surface area contributed by atoms with Gasteiger partial charge in [0.2, 0.25) is 0 Å². The van der Waals surface area contributed by atoms with Crippen molar-refractivity contribution in [2.45, 2.75) is 20.0 Å². The Balaban J connectivity index is 1.97. The fourth-order valence-electron chi connectivity index (χ4n) is 3.09. The SMILES string of the molecule is Cc1cc2n(n1)C(c1ccccc1F)Nc1c(C)cccc1-2. The molecule has 0 saturated heterocycles. The molecule has 3 aromatic rings. The van der Waals surface area contributed by atoms with Crippen LogP contribution in [0.3, 0.4) is 0 Å². The van der Waals surface area contributed by atoms with E-state index in [4.69, 9.17) is 0 Å². The monoisotopic (exact) mass is 293 g/mol. The van der Waals surface area contributed by atoms with E-state index in [1.165, 1.54) is 6.07 Å². The van der Waals surface area contributed by atoms with Gasteiger partial charge in [0.15, 0.2) is 0 Å². The largest absolute Gasteiger partial charge is 0.359 e. The second-order valence-corrected chi connectivity index (χ2v) is 5.68. The smallest absolute Gasteiger partial charge is 0.150 e. The number of halogens is 1. The number of para-hydroxylation sites is 1. The minimum atomic E-state index is -0.335. The number of hydrogen-bond acceptors (Lipinski definition) is 2. The first-order valence-electron chi connectivity index (χ1n) is 7.32. The van der Waals surface area contributed by atoms with Crippen LogP contribution < -0.4 is 5.32 Å². The van der Waals surface area contributed by atoms with Gasteiger partial charge >= 0.3 is 0 Å². The summed E-state index contributed by atoms with van der Waals surface area (Å²) in [6.07, 6.45) is -0.335. The highest BCUT2D eigenvalue weighted by Crippen LogP contribution is 2.40. The normalized spacial score (nSPS) is 15.9. The molecule has 1 atom stereocenters. The number of fused-ring (bicyclic) bond motifs is 3. The van der Waals surface area contributed by atoms with Gasteiger partial charge in [-0.25, -0.2) is 9.07 Å². The summed E-state index contributed by atoms with van der Waals surface area (Å²) in [7, 11) is 0. The quantitative estimate of drug-likeness (QED) is 0.726. The highest BCUT2D eigenvalue weighted by atomic mass is 19.1.